The summed E-state index contributed by atoms with van der Waals surface area (Å²) in [6.07, 6.45) is 0. The van der Waals surface area contributed by atoms with Crippen LogP contribution in [0.2, 0.25) is 0 Å². The van der Waals surface area contributed by atoms with Crippen LogP contribution in [-0.4, -0.2) is 14.8 Å². The molecule has 0 saturated carbocycles. The van der Waals surface area contributed by atoms with E-state index >= 15 is 0 Å². The number of hydrogen-bond acceptors (Lipinski definition) is 5. The van der Waals surface area contributed by atoms with Crippen molar-refractivity contribution in [3.8, 4) is 0 Å². The van der Waals surface area contributed by atoms with Crippen molar-refractivity contribution >= 4 is 22.6 Å². The third kappa shape index (κ3) is 1.53. The summed E-state index contributed by atoms with van der Waals surface area (Å²) in [5.74, 6) is -0.489. The highest BCUT2D eigenvalue weighted by Crippen LogP contribution is 2.05. The van der Waals surface area contributed by atoms with Crippen LogP contribution in [0.5, 0.6) is 0 Å². The summed E-state index contributed by atoms with van der Waals surface area (Å²) in [5.41, 5.74) is 4.66. The number of nitrogens with two attached hydrogens (primary N) is 1. The summed E-state index contributed by atoms with van der Waals surface area (Å²) >= 11 is 0.872. The first kappa shape index (κ1) is 8.92. The van der Waals surface area contributed by atoms with E-state index in [1.54, 1.807) is 13.8 Å². The van der Waals surface area contributed by atoms with Gasteiger partial charge in [0.1, 0.15) is 0 Å². The minimum absolute atomic E-state index is 0.119. The lowest BCUT2D eigenvalue weighted by atomic mass is 10.2. The molecular formula is C6H9N3O2S. The summed E-state index contributed by atoms with van der Waals surface area (Å²) < 4.78 is 0.972. The number of nitrogen functional groups attached to an aromatic ring is 1. The van der Waals surface area contributed by atoms with Crippen molar-refractivity contribution in [3.05, 3.63) is 10.5 Å². The standard InChI is InChI=1S/C6H9N3O2S/c1-3(2)4(10)9-6(11)8-5(7)12-9/h3H,1-2H3,(H2,7,8,11). The highest BCUT2D eigenvalue weighted by molar-refractivity contribution is 7.11. The Morgan fingerprint density at radius 2 is 2.25 bits per heavy atom. The van der Waals surface area contributed by atoms with Gasteiger partial charge in [-0.1, -0.05) is 13.8 Å². The Bertz CT molecular complexity index is 352. The molecule has 12 heavy (non-hydrogen) atoms. The first-order valence-electron chi connectivity index (χ1n) is 3.42. The first-order valence-corrected chi connectivity index (χ1v) is 4.19. The third-order valence-corrected chi connectivity index (χ3v) is 2.06. The number of rotatable bonds is 1. The van der Waals surface area contributed by atoms with Gasteiger partial charge in [0, 0.05) is 5.92 Å². The number of nitrogens with zero attached hydrogens (tertiary/aromatic N) is 2. The van der Waals surface area contributed by atoms with Gasteiger partial charge in [-0.25, -0.2) is 4.79 Å². The predicted molar refractivity (Wildman–Crippen MR) is 46.3 cm³/mol. The molecule has 0 fully saturated rings. The Kier molecular flexibility index (Phi) is 2.27. The molecule has 0 radical (unpaired) electrons. The van der Waals surface area contributed by atoms with E-state index in [1.165, 1.54) is 0 Å². The molecular weight excluding hydrogens is 178 g/mol. The molecule has 0 spiro atoms. The minimum Gasteiger partial charge on any atom is -0.374 e. The zero-order valence-electron chi connectivity index (χ0n) is 6.77. The molecule has 2 N–H and O–H groups in total. The normalized spacial score (nSPS) is 10.6. The van der Waals surface area contributed by atoms with Gasteiger partial charge in [0.2, 0.25) is 11.0 Å². The van der Waals surface area contributed by atoms with Gasteiger partial charge in [0.05, 0.1) is 0 Å². The smallest absolute Gasteiger partial charge is 0.366 e. The maximum atomic E-state index is 11.3. The summed E-state index contributed by atoms with van der Waals surface area (Å²) in [7, 11) is 0. The molecule has 0 atom stereocenters. The number of carbonyl (C=O) groups excluding carboxylic acids is 1. The number of hydrogen-bond donors (Lipinski definition) is 1. The quantitative estimate of drug-likeness (QED) is 0.680. The van der Waals surface area contributed by atoms with E-state index in [1.807, 2.05) is 0 Å². The molecule has 0 aliphatic heterocycles. The van der Waals surface area contributed by atoms with Gasteiger partial charge in [-0.05, 0) is 11.5 Å². The third-order valence-electron chi connectivity index (χ3n) is 1.26. The van der Waals surface area contributed by atoms with Crippen molar-refractivity contribution in [2.75, 3.05) is 5.73 Å². The molecule has 0 amide bonds. The molecule has 0 bridgehead atoms. The fourth-order valence-electron chi connectivity index (χ4n) is 0.666. The molecule has 1 aromatic heterocycles. The molecule has 1 aromatic rings. The van der Waals surface area contributed by atoms with Crippen molar-refractivity contribution in [2.24, 2.45) is 5.92 Å². The second-order valence-corrected chi connectivity index (χ2v) is 3.58. The number of aromatic nitrogens is 2. The molecule has 6 heteroatoms. The highest BCUT2D eigenvalue weighted by Gasteiger charge is 2.14. The second kappa shape index (κ2) is 3.06. The van der Waals surface area contributed by atoms with Crippen LogP contribution in [0.25, 0.3) is 0 Å². The van der Waals surface area contributed by atoms with Crippen molar-refractivity contribution < 1.29 is 4.79 Å². The molecule has 1 rings (SSSR count). The summed E-state index contributed by atoms with van der Waals surface area (Å²) in [6.45, 7) is 3.43. The van der Waals surface area contributed by atoms with Crippen LogP contribution in [0.15, 0.2) is 4.79 Å². The van der Waals surface area contributed by atoms with E-state index < -0.39 is 5.69 Å². The van der Waals surface area contributed by atoms with E-state index in [-0.39, 0.29) is 17.0 Å². The van der Waals surface area contributed by atoms with Crippen molar-refractivity contribution in [3.63, 3.8) is 0 Å². The van der Waals surface area contributed by atoms with Crippen LogP contribution in [0.1, 0.15) is 18.6 Å². The van der Waals surface area contributed by atoms with Crippen LogP contribution in [-0.2, 0) is 0 Å². The van der Waals surface area contributed by atoms with Gasteiger partial charge in [-0.2, -0.15) is 8.94 Å². The monoisotopic (exact) mass is 187 g/mol. The van der Waals surface area contributed by atoms with Crippen LogP contribution < -0.4 is 11.4 Å². The fourth-order valence-corrected chi connectivity index (χ4v) is 1.39. The SMILES string of the molecule is CC(C)C(=O)n1sc(N)nc1=O. The van der Waals surface area contributed by atoms with Gasteiger partial charge in [0.15, 0.2) is 0 Å². The van der Waals surface area contributed by atoms with Crippen molar-refractivity contribution in [1.29, 1.82) is 0 Å². The largest absolute Gasteiger partial charge is 0.374 e. The maximum Gasteiger partial charge on any atom is 0.366 e. The van der Waals surface area contributed by atoms with Crippen molar-refractivity contribution in [1.82, 2.24) is 8.94 Å². The van der Waals surface area contributed by atoms with E-state index in [0.29, 0.717) is 0 Å². The van der Waals surface area contributed by atoms with Crippen molar-refractivity contribution in [2.45, 2.75) is 13.8 Å². The van der Waals surface area contributed by atoms with Gasteiger partial charge in [-0.3, -0.25) is 4.79 Å². The lowest BCUT2D eigenvalue weighted by Crippen LogP contribution is -2.25. The topological polar surface area (TPSA) is 78.0 Å². The zero-order valence-corrected chi connectivity index (χ0v) is 7.59. The molecule has 0 unspecified atom stereocenters. The molecule has 0 saturated heterocycles. The lowest BCUT2D eigenvalue weighted by molar-refractivity contribution is 0.0864. The highest BCUT2D eigenvalue weighted by atomic mass is 32.1. The molecule has 1 heterocycles. The summed E-state index contributed by atoms with van der Waals surface area (Å²) in [6, 6.07) is 0. The van der Waals surface area contributed by atoms with Crippen LogP contribution in [0.4, 0.5) is 5.13 Å². The van der Waals surface area contributed by atoms with Gasteiger partial charge >= 0.3 is 5.69 Å². The lowest BCUT2D eigenvalue weighted by Gasteiger charge is -1.99. The molecule has 0 aliphatic carbocycles. The van der Waals surface area contributed by atoms with Gasteiger partial charge in [0.25, 0.3) is 0 Å². The Balaban J connectivity index is 3.11. The average molecular weight is 187 g/mol. The van der Waals surface area contributed by atoms with E-state index in [4.69, 9.17) is 5.73 Å². The number of anilines is 1. The van der Waals surface area contributed by atoms with Gasteiger partial charge < -0.3 is 5.73 Å². The zero-order chi connectivity index (χ0) is 9.30. The average Bonchev–Trinajstić information content (AvgIpc) is 2.28. The Morgan fingerprint density at radius 3 is 2.58 bits per heavy atom. The first-order chi connectivity index (χ1) is 5.52. The van der Waals surface area contributed by atoms with Crippen LogP contribution >= 0.6 is 11.5 Å². The van der Waals surface area contributed by atoms with E-state index in [2.05, 4.69) is 4.98 Å². The van der Waals surface area contributed by atoms with Crippen LogP contribution in [0, 0.1) is 5.92 Å². The number of carbonyl (C=O) groups is 1. The molecule has 0 aliphatic rings. The van der Waals surface area contributed by atoms with Gasteiger partial charge in [-0.15, -0.1) is 0 Å². The Hall–Kier alpha value is -1.17. The predicted octanol–water partition coefficient (Wildman–Crippen LogP) is 0.183. The molecule has 5 nitrogen and oxygen atoms in total. The summed E-state index contributed by atoms with van der Waals surface area (Å²) in [4.78, 5) is 25.6. The van der Waals surface area contributed by atoms with E-state index in [0.717, 1.165) is 15.5 Å². The van der Waals surface area contributed by atoms with E-state index in [9.17, 15) is 9.59 Å². The Morgan fingerprint density at radius 1 is 1.67 bits per heavy atom. The second-order valence-electron chi connectivity index (χ2n) is 2.61. The fraction of sp³-hybridized carbons (Fsp3) is 0.500. The minimum atomic E-state index is -0.587. The summed E-state index contributed by atoms with van der Waals surface area (Å²) in [5, 5.41) is 0.119. The van der Waals surface area contributed by atoms with Crippen LogP contribution in [0.3, 0.4) is 0 Å². The Labute approximate surface area is 73.0 Å². The maximum absolute atomic E-state index is 11.3. The molecule has 0 aromatic carbocycles. The molecule has 66 valence electrons.